The van der Waals surface area contributed by atoms with E-state index in [1.54, 1.807) is 47.4 Å². The summed E-state index contributed by atoms with van der Waals surface area (Å²) in [4.78, 5) is 37.4. The molecule has 0 bridgehead atoms. The van der Waals surface area contributed by atoms with Gasteiger partial charge < -0.3 is 15.0 Å². The Balaban J connectivity index is 0.000000230. The Morgan fingerprint density at radius 3 is 2.21 bits per heavy atom. The van der Waals surface area contributed by atoms with Crippen molar-refractivity contribution in [1.29, 1.82) is 10.5 Å². The molecule has 2 fully saturated rings. The quantitative estimate of drug-likeness (QED) is 0.587. The maximum atomic E-state index is 12.1. The van der Waals surface area contributed by atoms with Crippen LogP contribution in [0.3, 0.4) is 0 Å². The SMILES string of the molecule is CC(C)(C)OC(=O)N1CCC(=O)/C(=C/c2ccc(C#N)cc2)C1.N#Cc1ccc(CC2CNCCC2=O)cc1. The molecular formula is C31H34N4O4. The molecule has 2 aromatic rings. The number of hydrogen-bond donors (Lipinski definition) is 1. The van der Waals surface area contributed by atoms with Crippen molar-refractivity contribution >= 4 is 23.7 Å². The second kappa shape index (κ2) is 13.5. The van der Waals surface area contributed by atoms with Crippen molar-refractivity contribution in [2.75, 3.05) is 26.2 Å². The summed E-state index contributed by atoms with van der Waals surface area (Å²) in [5.41, 5.74) is 3.20. The van der Waals surface area contributed by atoms with E-state index >= 15 is 0 Å². The lowest BCUT2D eigenvalue weighted by Crippen LogP contribution is -2.42. The number of amides is 1. The minimum Gasteiger partial charge on any atom is -0.444 e. The number of nitrogens with zero attached hydrogens (tertiary/aromatic N) is 3. The average Bonchev–Trinajstić information content (AvgIpc) is 2.91. The van der Waals surface area contributed by atoms with E-state index in [2.05, 4.69) is 17.5 Å². The van der Waals surface area contributed by atoms with Gasteiger partial charge in [0, 0.05) is 44.0 Å². The van der Waals surface area contributed by atoms with Crippen LogP contribution in [-0.4, -0.2) is 54.3 Å². The van der Waals surface area contributed by atoms with E-state index in [9.17, 15) is 14.4 Å². The molecule has 2 heterocycles. The van der Waals surface area contributed by atoms with Crippen LogP contribution in [0.4, 0.5) is 4.79 Å². The van der Waals surface area contributed by atoms with Gasteiger partial charge in [0.1, 0.15) is 11.4 Å². The number of rotatable bonds is 3. The predicted octanol–water partition coefficient (Wildman–Crippen LogP) is 4.43. The summed E-state index contributed by atoms with van der Waals surface area (Å²) in [5.74, 6) is 0.485. The number of carbonyl (C=O) groups is 3. The van der Waals surface area contributed by atoms with Crippen molar-refractivity contribution in [1.82, 2.24) is 10.2 Å². The fourth-order valence-electron chi connectivity index (χ4n) is 4.23. The first-order chi connectivity index (χ1) is 18.6. The number of hydrogen-bond acceptors (Lipinski definition) is 7. The highest BCUT2D eigenvalue weighted by molar-refractivity contribution is 6.01. The number of piperidine rings is 2. The number of likely N-dealkylation sites (tertiary alicyclic amines) is 1. The van der Waals surface area contributed by atoms with Crippen molar-refractivity contribution in [3.8, 4) is 12.1 Å². The van der Waals surface area contributed by atoms with E-state index in [4.69, 9.17) is 15.3 Å². The smallest absolute Gasteiger partial charge is 0.410 e. The molecule has 39 heavy (non-hydrogen) atoms. The largest absolute Gasteiger partial charge is 0.444 e. The molecular weight excluding hydrogens is 492 g/mol. The Hall–Kier alpha value is -4.27. The van der Waals surface area contributed by atoms with E-state index < -0.39 is 11.7 Å². The third kappa shape index (κ3) is 9.21. The van der Waals surface area contributed by atoms with Gasteiger partial charge in [0.2, 0.25) is 0 Å². The number of benzene rings is 2. The molecule has 2 saturated heterocycles. The zero-order valence-electron chi connectivity index (χ0n) is 22.7. The minimum absolute atomic E-state index is 0.0363. The number of nitrogens with one attached hydrogen (secondary N) is 1. The van der Waals surface area contributed by atoms with Gasteiger partial charge in [-0.1, -0.05) is 24.3 Å². The van der Waals surface area contributed by atoms with Crippen molar-refractivity contribution in [2.45, 2.75) is 45.6 Å². The number of nitriles is 2. The Labute approximate surface area is 229 Å². The minimum atomic E-state index is -0.560. The number of Topliss-reactive ketones (excluding diaryl/α,β-unsaturated/α-hetero) is 2. The van der Waals surface area contributed by atoms with Crippen LogP contribution in [0.1, 0.15) is 55.9 Å². The summed E-state index contributed by atoms with van der Waals surface area (Å²) in [7, 11) is 0. The summed E-state index contributed by atoms with van der Waals surface area (Å²) in [6, 6.07) is 18.6. The fourth-order valence-corrected chi connectivity index (χ4v) is 4.23. The first-order valence-corrected chi connectivity index (χ1v) is 13.0. The summed E-state index contributed by atoms with van der Waals surface area (Å²) in [5, 5.41) is 20.7. The fraction of sp³-hybridized carbons (Fsp3) is 0.387. The Morgan fingerprint density at radius 1 is 1.03 bits per heavy atom. The Morgan fingerprint density at radius 2 is 1.64 bits per heavy atom. The van der Waals surface area contributed by atoms with Gasteiger partial charge >= 0.3 is 6.09 Å². The molecule has 0 radical (unpaired) electrons. The molecule has 1 N–H and O–H groups in total. The molecule has 0 spiro atoms. The van der Waals surface area contributed by atoms with Gasteiger partial charge in [-0.05, 0) is 68.7 Å². The van der Waals surface area contributed by atoms with E-state index in [-0.39, 0.29) is 18.2 Å². The highest BCUT2D eigenvalue weighted by Gasteiger charge is 2.28. The maximum Gasteiger partial charge on any atom is 0.410 e. The third-order valence-electron chi connectivity index (χ3n) is 6.32. The van der Waals surface area contributed by atoms with Gasteiger partial charge in [-0.25, -0.2) is 4.79 Å². The van der Waals surface area contributed by atoms with E-state index in [0.717, 1.165) is 30.6 Å². The van der Waals surface area contributed by atoms with Crippen molar-refractivity contribution in [3.63, 3.8) is 0 Å². The van der Waals surface area contributed by atoms with Gasteiger partial charge in [-0.3, -0.25) is 9.59 Å². The number of ketones is 2. The normalized spacial score (nSPS) is 18.4. The molecule has 8 nitrogen and oxygen atoms in total. The maximum absolute atomic E-state index is 12.1. The van der Waals surface area contributed by atoms with Crippen LogP contribution in [-0.2, 0) is 20.7 Å². The number of carbonyl (C=O) groups excluding carboxylic acids is 3. The molecule has 1 unspecified atom stereocenters. The standard InChI is InChI=1S/C18H20N2O3.C13H14N2O/c1-18(2,3)23-17(22)20-9-8-16(21)15(12-20)10-13-4-6-14(11-19)7-5-13;14-8-11-3-1-10(2-4-11)7-12-9-15-6-5-13(12)16/h4-7,10H,8-9,12H2,1-3H3;1-4,12,15H,5-7,9H2/b15-10+;. The third-order valence-corrected chi connectivity index (χ3v) is 6.32. The first kappa shape index (κ1) is 29.3. The summed E-state index contributed by atoms with van der Waals surface area (Å²) in [6.07, 6.45) is 3.07. The zero-order chi connectivity index (χ0) is 28.4. The first-order valence-electron chi connectivity index (χ1n) is 13.0. The van der Waals surface area contributed by atoms with E-state index in [0.29, 0.717) is 41.9 Å². The van der Waals surface area contributed by atoms with Crippen molar-refractivity contribution in [3.05, 3.63) is 76.4 Å². The molecule has 0 aromatic heterocycles. The van der Waals surface area contributed by atoms with Crippen LogP contribution >= 0.6 is 0 Å². The lowest BCUT2D eigenvalue weighted by atomic mass is 9.91. The molecule has 2 aliphatic heterocycles. The van der Waals surface area contributed by atoms with Gasteiger partial charge in [0.25, 0.3) is 0 Å². The second-order valence-electron chi connectivity index (χ2n) is 10.6. The van der Waals surface area contributed by atoms with Crippen LogP contribution in [0.2, 0.25) is 0 Å². The zero-order valence-corrected chi connectivity index (χ0v) is 22.7. The van der Waals surface area contributed by atoms with Crippen LogP contribution in [0, 0.1) is 28.6 Å². The molecule has 1 atom stereocenters. The number of ether oxygens (including phenoxy) is 1. The van der Waals surface area contributed by atoms with Crippen LogP contribution < -0.4 is 5.32 Å². The highest BCUT2D eigenvalue weighted by atomic mass is 16.6. The highest BCUT2D eigenvalue weighted by Crippen LogP contribution is 2.19. The molecule has 202 valence electrons. The summed E-state index contributed by atoms with van der Waals surface area (Å²) >= 11 is 0. The lowest BCUT2D eigenvalue weighted by Gasteiger charge is -2.30. The Kier molecular flexibility index (Phi) is 10.1. The molecule has 4 rings (SSSR count). The average molecular weight is 527 g/mol. The topological polar surface area (TPSA) is 123 Å². The van der Waals surface area contributed by atoms with Crippen LogP contribution in [0.25, 0.3) is 6.08 Å². The molecule has 0 aliphatic carbocycles. The Bertz CT molecular complexity index is 1290. The molecule has 2 aliphatic rings. The van der Waals surface area contributed by atoms with Crippen LogP contribution in [0.15, 0.2) is 54.1 Å². The molecule has 0 saturated carbocycles. The second-order valence-corrected chi connectivity index (χ2v) is 10.6. The molecule has 1 amide bonds. The van der Waals surface area contributed by atoms with Gasteiger partial charge in [-0.15, -0.1) is 0 Å². The van der Waals surface area contributed by atoms with E-state index in [1.807, 2.05) is 32.9 Å². The van der Waals surface area contributed by atoms with Gasteiger partial charge in [0.05, 0.1) is 29.8 Å². The van der Waals surface area contributed by atoms with Crippen LogP contribution in [0.5, 0.6) is 0 Å². The van der Waals surface area contributed by atoms with Gasteiger partial charge in [0.15, 0.2) is 5.78 Å². The molecule has 8 heteroatoms. The summed E-state index contributed by atoms with van der Waals surface area (Å²) in [6.45, 7) is 7.64. The van der Waals surface area contributed by atoms with Gasteiger partial charge in [-0.2, -0.15) is 10.5 Å². The van der Waals surface area contributed by atoms with Crippen molar-refractivity contribution in [2.24, 2.45) is 5.92 Å². The predicted molar refractivity (Wildman–Crippen MR) is 147 cm³/mol. The van der Waals surface area contributed by atoms with E-state index in [1.165, 1.54) is 0 Å². The van der Waals surface area contributed by atoms with Crippen molar-refractivity contribution < 1.29 is 19.1 Å². The molecule has 2 aromatic carbocycles. The lowest BCUT2D eigenvalue weighted by molar-refractivity contribution is -0.123. The summed E-state index contributed by atoms with van der Waals surface area (Å²) < 4.78 is 5.35. The monoisotopic (exact) mass is 526 g/mol.